The average Bonchev–Trinajstić information content (AvgIpc) is 2.39. The van der Waals surface area contributed by atoms with Gasteiger partial charge in [-0.2, -0.15) is 13.2 Å². The molecule has 0 bridgehead atoms. The van der Waals surface area contributed by atoms with Gasteiger partial charge in [-0.25, -0.2) is 0 Å². The highest BCUT2D eigenvalue weighted by Crippen LogP contribution is 2.37. The van der Waals surface area contributed by atoms with Gasteiger partial charge in [-0.3, -0.25) is 0 Å². The fraction of sp³-hybridized carbons (Fsp3) is 1.00. The highest BCUT2D eigenvalue weighted by atomic mass is 19.4. The Morgan fingerprint density at radius 1 is 1.20 bits per heavy atom. The molecule has 0 heterocycles. The normalized spacial score (nSPS) is 27.8. The van der Waals surface area contributed by atoms with Crippen LogP contribution < -0.4 is 5.32 Å². The number of hydrogen-bond acceptors (Lipinski definition) is 2. The summed E-state index contributed by atoms with van der Waals surface area (Å²) in [7, 11) is 1.97. The Hall–Kier alpha value is -0.290. The van der Waals surface area contributed by atoms with E-state index in [-0.39, 0.29) is 6.61 Å². The van der Waals surface area contributed by atoms with E-state index in [9.17, 15) is 13.2 Å². The molecular weight excluding hydrogens is 267 g/mol. The first-order chi connectivity index (χ1) is 9.46. The summed E-state index contributed by atoms with van der Waals surface area (Å²) < 4.78 is 40.6. The van der Waals surface area contributed by atoms with Crippen LogP contribution in [0.5, 0.6) is 0 Å². The van der Waals surface area contributed by atoms with E-state index in [1.807, 2.05) is 7.05 Å². The van der Waals surface area contributed by atoms with Crippen molar-refractivity contribution in [3.8, 4) is 0 Å². The SMILES string of the molecule is CCC1CCC(CNC)C(CCCOCC(F)(F)F)C1. The zero-order valence-electron chi connectivity index (χ0n) is 12.6. The minimum Gasteiger partial charge on any atom is -0.372 e. The molecule has 2 nitrogen and oxygen atoms in total. The molecule has 1 fully saturated rings. The van der Waals surface area contributed by atoms with Gasteiger partial charge in [0.2, 0.25) is 0 Å². The molecule has 1 N–H and O–H groups in total. The number of alkyl halides is 3. The molecule has 0 aromatic carbocycles. The molecule has 0 radical (unpaired) electrons. The molecule has 0 spiro atoms. The monoisotopic (exact) mass is 295 g/mol. The van der Waals surface area contributed by atoms with E-state index in [4.69, 9.17) is 4.74 Å². The van der Waals surface area contributed by atoms with Gasteiger partial charge in [0.25, 0.3) is 0 Å². The fourth-order valence-electron chi connectivity index (χ4n) is 3.31. The highest BCUT2D eigenvalue weighted by molar-refractivity contribution is 4.80. The highest BCUT2D eigenvalue weighted by Gasteiger charge is 2.29. The first-order valence-corrected chi connectivity index (χ1v) is 7.75. The quantitative estimate of drug-likeness (QED) is 0.683. The summed E-state index contributed by atoms with van der Waals surface area (Å²) in [6.07, 6.45) is 2.50. The third-order valence-electron chi connectivity index (χ3n) is 4.42. The van der Waals surface area contributed by atoms with Gasteiger partial charge < -0.3 is 10.1 Å². The Kier molecular flexibility index (Phi) is 7.88. The van der Waals surface area contributed by atoms with E-state index in [0.717, 1.165) is 25.3 Å². The van der Waals surface area contributed by atoms with Gasteiger partial charge in [-0.1, -0.05) is 19.8 Å². The molecule has 20 heavy (non-hydrogen) atoms. The third-order valence-corrected chi connectivity index (χ3v) is 4.42. The lowest BCUT2D eigenvalue weighted by Crippen LogP contribution is -2.32. The molecule has 1 saturated carbocycles. The van der Waals surface area contributed by atoms with E-state index in [1.54, 1.807) is 0 Å². The first kappa shape index (κ1) is 17.8. The molecule has 0 aromatic rings. The van der Waals surface area contributed by atoms with Gasteiger partial charge in [0.05, 0.1) is 0 Å². The van der Waals surface area contributed by atoms with E-state index < -0.39 is 12.8 Å². The van der Waals surface area contributed by atoms with Crippen LogP contribution in [0.25, 0.3) is 0 Å². The minimum atomic E-state index is -4.20. The fourth-order valence-corrected chi connectivity index (χ4v) is 3.31. The van der Waals surface area contributed by atoms with Crippen LogP contribution >= 0.6 is 0 Å². The van der Waals surface area contributed by atoms with Crippen LogP contribution in [0, 0.1) is 17.8 Å². The van der Waals surface area contributed by atoms with Crippen LogP contribution in [-0.4, -0.2) is 33.0 Å². The second kappa shape index (κ2) is 8.88. The van der Waals surface area contributed by atoms with Crippen molar-refractivity contribution >= 4 is 0 Å². The molecule has 0 aromatic heterocycles. The largest absolute Gasteiger partial charge is 0.411 e. The maximum Gasteiger partial charge on any atom is 0.411 e. The molecule has 3 unspecified atom stereocenters. The van der Waals surface area contributed by atoms with Crippen molar-refractivity contribution in [2.24, 2.45) is 17.8 Å². The first-order valence-electron chi connectivity index (χ1n) is 7.75. The molecule has 0 aliphatic heterocycles. The molecule has 1 aliphatic carbocycles. The maximum absolute atomic E-state index is 12.0. The summed E-state index contributed by atoms with van der Waals surface area (Å²) in [6, 6.07) is 0. The zero-order valence-corrected chi connectivity index (χ0v) is 12.6. The Morgan fingerprint density at radius 2 is 1.95 bits per heavy atom. The Labute approximate surface area is 120 Å². The topological polar surface area (TPSA) is 21.3 Å². The van der Waals surface area contributed by atoms with Gasteiger partial charge >= 0.3 is 6.18 Å². The number of nitrogens with one attached hydrogen (secondary N) is 1. The average molecular weight is 295 g/mol. The van der Waals surface area contributed by atoms with Gasteiger partial charge in [0.1, 0.15) is 6.61 Å². The van der Waals surface area contributed by atoms with Gasteiger partial charge in [-0.05, 0) is 57.0 Å². The summed E-state index contributed by atoms with van der Waals surface area (Å²) in [6.45, 7) is 2.35. The second-order valence-corrected chi connectivity index (χ2v) is 5.98. The number of rotatable bonds is 8. The van der Waals surface area contributed by atoms with Crippen molar-refractivity contribution in [2.75, 3.05) is 26.8 Å². The molecule has 5 heteroatoms. The van der Waals surface area contributed by atoms with Crippen molar-refractivity contribution < 1.29 is 17.9 Å². The van der Waals surface area contributed by atoms with Crippen LogP contribution in [0.15, 0.2) is 0 Å². The van der Waals surface area contributed by atoms with Gasteiger partial charge in [0, 0.05) is 6.61 Å². The van der Waals surface area contributed by atoms with Gasteiger partial charge in [0.15, 0.2) is 0 Å². The predicted molar refractivity (Wildman–Crippen MR) is 74.6 cm³/mol. The van der Waals surface area contributed by atoms with Crippen LogP contribution in [-0.2, 0) is 4.74 Å². The van der Waals surface area contributed by atoms with Crippen molar-refractivity contribution in [3.63, 3.8) is 0 Å². The van der Waals surface area contributed by atoms with Crippen molar-refractivity contribution in [3.05, 3.63) is 0 Å². The summed E-state index contributed by atoms with van der Waals surface area (Å²) in [4.78, 5) is 0. The van der Waals surface area contributed by atoms with E-state index >= 15 is 0 Å². The summed E-state index contributed by atoms with van der Waals surface area (Å²) in [5.74, 6) is 2.10. The predicted octanol–water partition coefficient (Wildman–Crippen LogP) is 4.01. The zero-order chi connectivity index (χ0) is 15.0. The lowest BCUT2D eigenvalue weighted by Gasteiger charge is -2.36. The smallest absolute Gasteiger partial charge is 0.372 e. The minimum absolute atomic E-state index is 0.221. The second-order valence-electron chi connectivity index (χ2n) is 5.98. The van der Waals surface area contributed by atoms with Crippen molar-refractivity contribution in [1.29, 1.82) is 0 Å². The molecule has 3 atom stereocenters. The van der Waals surface area contributed by atoms with Crippen LogP contribution in [0.4, 0.5) is 13.2 Å². The lowest BCUT2D eigenvalue weighted by molar-refractivity contribution is -0.174. The van der Waals surface area contributed by atoms with E-state index in [2.05, 4.69) is 12.2 Å². The summed E-state index contributed by atoms with van der Waals surface area (Å²) in [5.41, 5.74) is 0. The molecule has 0 saturated heterocycles. The molecular formula is C15H28F3NO. The van der Waals surface area contributed by atoms with Crippen molar-refractivity contribution in [2.45, 2.75) is 51.6 Å². The standard InChI is InChI=1S/C15H28F3NO/c1-3-12-6-7-14(10-19-2)13(9-12)5-4-8-20-11-15(16,17)18/h12-14,19H,3-11H2,1-2H3. The van der Waals surface area contributed by atoms with Gasteiger partial charge in [-0.15, -0.1) is 0 Å². The molecule has 1 rings (SSSR count). The third kappa shape index (κ3) is 6.93. The summed E-state index contributed by atoms with van der Waals surface area (Å²) >= 11 is 0. The Bertz CT molecular complexity index is 258. The Balaban J connectivity index is 2.26. The molecule has 120 valence electrons. The number of ether oxygens (including phenoxy) is 1. The van der Waals surface area contributed by atoms with Crippen LogP contribution in [0.3, 0.4) is 0 Å². The van der Waals surface area contributed by atoms with E-state index in [1.165, 1.54) is 25.7 Å². The summed E-state index contributed by atoms with van der Waals surface area (Å²) in [5, 5.41) is 3.24. The van der Waals surface area contributed by atoms with Crippen molar-refractivity contribution in [1.82, 2.24) is 5.32 Å². The maximum atomic E-state index is 12.0. The molecule has 0 amide bonds. The number of halogens is 3. The Morgan fingerprint density at radius 3 is 2.55 bits per heavy atom. The van der Waals surface area contributed by atoms with Crippen LogP contribution in [0.1, 0.15) is 45.4 Å². The number of hydrogen-bond donors (Lipinski definition) is 1. The van der Waals surface area contributed by atoms with E-state index in [0.29, 0.717) is 11.8 Å². The lowest BCUT2D eigenvalue weighted by atomic mass is 9.71. The van der Waals surface area contributed by atoms with Crippen LogP contribution in [0.2, 0.25) is 0 Å². The molecule has 1 aliphatic rings.